The molecule has 0 bridgehead atoms. The molecule has 1 aromatic heterocycles. The Labute approximate surface area is 197 Å². The van der Waals surface area contributed by atoms with Gasteiger partial charge in [-0.2, -0.15) is 11.3 Å². The first-order valence-corrected chi connectivity index (χ1v) is 13.6. The normalized spacial score (nSPS) is 15.0. The maximum atomic E-state index is 12.7. The molecule has 3 aromatic rings. The van der Waals surface area contributed by atoms with Crippen LogP contribution >= 0.6 is 11.3 Å². The molecule has 1 aliphatic heterocycles. The van der Waals surface area contributed by atoms with Gasteiger partial charge in [-0.1, -0.05) is 49.7 Å². The van der Waals surface area contributed by atoms with Crippen molar-refractivity contribution in [3.05, 3.63) is 76.5 Å². The van der Waals surface area contributed by atoms with Gasteiger partial charge in [-0.15, -0.1) is 0 Å². The minimum absolute atomic E-state index is 0.00438. The Morgan fingerprint density at radius 1 is 0.969 bits per heavy atom. The molecule has 2 heterocycles. The van der Waals surface area contributed by atoms with E-state index >= 15 is 0 Å². The molecule has 6 heteroatoms. The minimum Gasteiger partial charge on any atom is -0.368 e. The lowest BCUT2D eigenvalue weighted by atomic mass is 10.1. The van der Waals surface area contributed by atoms with Gasteiger partial charge < -0.3 is 9.80 Å². The number of thiophene rings is 1. The molecule has 4 rings (SSSR count). The van der Waals surface area contributed by atoms with E-state index < -0.39 is 10.8 Å². The van der Waals surface area contributed by atoms with Gasteiger partial charge in [0.1, 0.15) is 5.75 Å². The molecule has 1 aliphatic rings. The van der Waals surface area contributed by atoms with Gasteiger partial charge in [0, 0.05) is 48.4 Å². The first-order valence-electron chi connectivity index (χ1n) is 11.2. The molecule has 0 N–H and O–H groups in total. The Bertz CT molecular complexity index is 1040. The third-order valence-electron chi connectivity index (χ3n) is 5.87. The summed E-state index contributed by atoms with van der Waals surface area (Å²) in [5.74, 6) is 0.498. The number of rotatable bonds is 8. The topological polar surface area (TPSA) is 40.6 Å². The van der Waals surface area contributed by atoms with E-state index in [4.69, 9.17) is 0 Å². The number of carbonyl (C=O) groups excluding carboxylic acids is 1. The number of aryl methyl sites for hydroxylation is 1. The fraction of sp³-hybridized carbons (Fsp3) is 0.346. The third kappa shape index (κ3) is 5.87. The molecule has 0 radical (unpaired) electrons. The molecule has 1 saturated heterocycles. The molecular weight excluding hydrogens is 436 g/mol. The van der Waals surface area contributed by atoms with E-state index in [1.165, 1.54) is 16.8 Å². The van der Waals surface area contributed by atoms with Gasteiger partial charge in [-0.3, -0.25) is 9.00 Å². The summed E-state index contributed by atoms with van der Waals surface area (Å²) in [4.78, 5) is 16.9. The second-order valence-corrected chi connectivity index (χ2v) is 10.5. The van der Waals surface area contributed by atoms with Crippen LogP contribution in [-0.4, -0.2) is 46.9 Å². The van der Waals surface area contributed by atoms with Crippen molar-refractivity contribution in [1.29, 1.82) is 0 Å². The molecule has 0 spiro atoms. The fourth-order valence-electron chi connectivity index (χ4n) is 4.11. The van der Waals surface area contributed by atoms with Crippen LogP contribution in [0.25, 0.3) is 11.1 Å². The van der Waals surface area contributed by atoms with Gasteiger partial charge in [-0.25, -0.2) is 0 Å². The maximum absolute atomic E-state index is 12.7. The van der Waals surface area contributed by atoms with Crippen LogP contribution in [0.15, 0.2) is 65.4 Å². The average Bonchev–Trinajstić information content (AvgIpc) is 3.35. The summed E-state index contributed by atoms with van der Waals surface area (Å²) in [6.45, 7) is 5.18. The summed E-state index contributed by atoms with van der Waals surface area (Å²) < 4.78 is 12.7. The average molecular weight is 467 g/mol. The maximum Gasteiger partial charge on any atom is 0.235 e. The Kier molecular flexibility index (Phi) is 7.76. The molecule has 1 fully saturated rings. The van der Waals surface area contributed by atoms with E-state index in [9.17, 15) is 9.00 Å². The summed E-state index contributed by atoms with van der Waals surface area (Å²) in [6, 6.07) is 19.0. The van der Waals surface area contributed by atoms with Crippen molar-refractivity contribution >= 4 is 33.7 Å². The third-order valence-corrected chi connectivity index (χ3v) is 7.77. The van der Waals surface area contributed by atoms with E-state index in [1.54, 1.807) is 11.3 Å². The standard InChI is InChI=1S/C26H30N2O2S2/c1-2-4-21-7-9-25(10-8-21)27-12-14-28(15-13-27)26(29)20-32(30)19-22-5-3-6-23(17-22)24-11-16-31-18-24/h3,5-11,16-18H,2,4,12-15,19-20H2,1H3. The number of nitrogens with zero attached hydrogens (tertiary/aromatic N) is 2. The van der Waals surface area contributed by atoms with Gasteiger partial charge in [0.25, 0.3) is 0 Å². The smallest absolute Gasteiger partial charge is 0.235 e. The van der Waals surface area contributed by atoms with Crippen molar-refractivity contribution in [3.63, 3.8) is 0 Å². The van der Waals surface area contributed by atoms with Gasteiger partial charge in [0.15, 0.2) is 0 Å². The highest BCUT2D eigenvalue weighted by molar-refractivity contribution is 7.84. The van der Waals surface area contributed by atoms with E-state index in [2.05, 4.69) is 65.0 Å². The van der Waals surface area contributed by atoms with Crippen molar-refractivity contribution in [1.82, 2.24) is 4.90 Å². The van der Waals surface area contributed by atoms with Crippen LogP contribution in [0, 0.1) is 0 Å². The molecule has 168 valence electrons. The van der Waals surface area contributed by atoms with Crippen LogP contribution < -0.4 is 4.90 Å². The molecule has 0 saturated carbocycles. The van der Waals surface area contributed by atoms with Crippen molar-refractivity contribution in [2.45, 2.75) is 25.5 Å². The van der Waals surface area contributed by atoms with E-state index in [-0.39, 0.29) is 11.7 Å². The molecule has 2 aromatic carbocycles. The van der Waals surface area contributed by atoms with E-state index in [0.29, 0.717) is 18.8 Å². The van der Waals surface area contributed by atoms with Gasteiger partial charge >= 0.3 is 0 Å². The summed E-state index contributed by atoms with van der Waals surface area (Å²) in [7, 11) is -1.21. The molecule has 1 atom stereocenters. The second kappa shape index (κ2) is 10.9. The fourth-order valence-corrected chi connectivity index (χ4v) is 5.89. The van der Waals surface area contributed by atoms with Crippen LogP contribution in [0.1, 0.15) is 24.5 Å². The first kappa shape index (κ1) is 22.7. The lowest BCUT2D eigenvalue weighted by molar-refractivity contribution is -0.128. The van der Waals surface area contributed by atoms with Gasteiger partial charge in [0.05, 0.1) is 0 Å². The molecular formula is C26H30N2O2S2. The highest BCUT2D eigenvalue weighted by atomic mass is 32.2. The van der Waals surface area contributed by atoms with E-state index in [1.807, 2.05) is 17.0 Å². The number of hydrogen-bond acceptors (Lipinski definition) is 4. The molecule has 0 aliphatic carbocycles. The zero-order chi connectivity index (χ0) is 22.3. The molecule has 4 nitrogen and oxygen atoms in total. The Morgan fingerprint density at radius 2 is 1.75 bits per heavy atom. The highest BCUT2D eigenvalue weighted by Gasteiger charge is 2.22. The number of amides is 1. The number of anilines is 1. The number of carbonyl (C=O) groups is 1. The van der Waals surface area contributed by atoms with Crippen LogP contribution in [0.5, 0.6) is 0 Å². The van der Waals surface area contributed by atoms with Crippen molar-refractivity contribution in [2.75, 3.05) is 36.8 Å². The first-order chi connectivity index (χ1) is 15.6. The molecule has 1 amide bonds. The number of hydrogen-bond donors (Lipinski definition) is 0. The lowest BCUT2D eigenvalue weighted by Crippen LogP contribution is -2.50. The second-order valence-electron chi connectivity index (χ2n) is 8.23. The van der Waals surface area contributed by atoms with Crippen molar-refractivity contribution < 1.29 is 9.00 Å². The largest absolute Gasteiger partial charge is 0.368 e. The van der Waals surface area contributed by atoms with E-state index in [0.717, 1.165) is 37.1 Å². The van der Waals surface area contributed by atoms with Crippen molar-refractivity contribution in [3.8, 4) is 11.1 Å². The lowest BCUT2D eigenvalue weighted by Gasteiger charge is -2.36. The molecule has 32 heavy (non-hydrogen) atoms. The quantitative estimate of drug-likeness (QED) is 0.471. The Balaban J connectivity index is 1.27. The van der Waals surface area contributed by atoms with Crippen LogP contribution in [-0.2, 0) is 27.8 Å². The number of piperazine rings is 1. The van der Waals surface area contributed by atoms with Crippen LogP contribution in [0.3, 0.4) is 0 Å². The predicted octanol–water partition coefficient (Wildman–Crippen LogP) is 4.97. The zero-order valence-electron chi connectivity index (χ0n) is 18.5. The Hall–Kier alpha value is -2.44. The molecule has 1 unspecified atom stereocenters. The van der Waals surface area contributed by atoms with Crippen molar-refractivity contribution in [2.24, 2.45) is 0 Å². The van der Waals surface area contributed by atoms with Gasteiger partial charge in [0.2, 0.25) is 5.91 Å². The Morgan fingerprint density at radius 3 is 2.44 bits per heavy atom. The van der Waals surface area contributed by atoms with Gasteiger partial charge in [-0.05, 0) is 57.6 Å². The number of benzene rings is 2. The zero-order valence-corrected chi connectivity index (χ0v) is 20.2. The highest BCUT2D eigenvalue weighted by Crippen LogP contribution is 2.23. The van der Waals surface area contributed by atoms with Crippen LogP contribution in [0.2, 0.25) is 0 Å². The summed E-state index contributed by atoms with van der Waals surface area (Å²) in [5, 5.41) is 4.17. The summed E-state index contributed by atoms with van der Waals surface area (Å²) in [6.07, 6.45) is 2.26. The summed E-state index contributed by atoms with van der Waals surface area (Å²) >= 11 is 1.67. The summed E-state index contributed by atoms with van der Waals surface area (Å²) in [5.41, 5.74) is 5.90. The van der Waals surface area contributed by atoms with Crippen LogP contribution in [0.4, 0.5) is 5.69 Å². The predicted molar refractivity (Wildman–Crippen MR) is 136 cm³/mol. The monoisotopic (exact) mass is 466 g/mol. The minimum atomic E-state index is -1.21. The SMILES string of the molecule is CCCc1ccc(N2CCN(C(=O)CS(=O)Cc3cccc(-c4ccsc4)c3)CC2)cc1.